The predicted octanol–water partition coefficient (Wildman–Crippen LogP) is 10.7. The molecule has 51 heavy (non-hydrogen) atoms. The molecule has 0 spiro atoms. The summed E-state index contributed by atoms with van der Waals surface area (Å²) in [5, 5.41) is 3.49. The molecule has 7 rings (SSSR count). The molecule has 1 radical (unpaired) electrons. The zero-order valence-corrected chi connectivity index (χ0v) is 36.7. The Labute approximate surface area is 320 Å². The SMILES string of the molecule is CC(C)Cc1cc(-c2[c-]cccc2)nc[c]1[Ge]([CH3])([CH3])[CH3].Cc1ccnc(-c2[c-]ccc3c2oc2nc(-c4ccc([Si](C)(C)C)cc4)ccc23)c1.[Ir]. The fourth-order valence-electron chi connectivity index (χ4n) is 6.27. The van der Waals surface area contributed by atoms with Gasteiger partial charge in [-0.2, -0.15) is 0 Å². The Morgan fingerprint density at radius 1 is 0.784 bits per heavy atom. The summed E-state index contributed by atoms with van der Waals surface area (Å²) in [7, 11) is -1.31. The molecule has 0 aliphatic heterocycles. The van der Waals surface area contributed by atoms with Crippen molar-refractivity contribution < 1.29 is 24.5 Å². The molecule has 0 saturated carbocycles. The van der Waals surface area contributed by atoms with Crippen LogP contribution in [0.25, 0.3) is 55.8 Å². The molecule has 0 atom stereocenters. The van der Waals surface area contributed by atoms with Crippen LogP contribution in [0.2, 0.25) is 36.9 Å². The zero-order chi connectivity index (χ0) is 35.6. The largest absolute Gasteiger partial charge is 0.486 e. The molecular weight excluding hydrogens is 879 g/mol. The van der Waals surface area contributed by atoms with E-state index >= 15 is 0 Å². The molecule has 263 valence electrons. The van der Waals surface area contributed by atoms with E-state index in [0.717, 1.165) is 62.1 Å². The molecule has 0 amide bonds. The first-order chi connectivity index (χ1) is 23.8. The van der Waals surface area contributed by atoms with E-state index in [2.05, 4.69) is 136 Å². The summed E-state index contributed by atoms with van der Waals surface area (Å²) < 4.78 is 7.78. The molecule has 7 heteroatoms. The number of aryl methyl sites for hydroxylation is 1. The van der Waals surface area contributed by atoms with Gasteiger partial charge in [-0.15, -0.1) is 18.2 Å². The van der Waals surface area contributed by atoms with Crippen LogP contribution in [0.15, 0.2) is 108 Å². The second-order valence-electron chi connectivity index (χ2n) is 15.6. The molecule has 7 aromatic rings. The number of nitrogens with zero attached hydrogens (tertiary/aromatic N) is 3. The van der Waals surface area contributed by atoms with E-state index in [0.29, 0.717) is 11.6 Å². The summed E-state index contributed by atoms with van der Waals surface area (Å²) in [4.78, 5) is 14.1. The maximum Gasteiger partial charge on any atom is 0.216 e. The molecule has 3 aromatic carbocycles. The van der Waals surface area contributed by atoms with Crippen molar-refractivity contribution in [3.8, 4) is 33.8 Å². The molecule has 0 aliphatic rings. The van der Waals surface area contributed by atoms with E-state index < -0.39 is 21.3 Å². The van der Waals surface area contributed by atoms with Gasteiger partial charge in [-0.1, -0.05) is 71.7 Å². The number of furan rings is 1. The third-order valence-electron chi connectivity index (χ3n) is 8.93. The summed E-state index contributed by atoms with van der Waals surface area (Å²) in [5.74, 6) is 7.99. The Balaban J connectivity index is 0.000000211. The monoisotopic (exact) mass is 928 g/mol. The van der Waals surface area contributed by atoms with Gasteiger partial charge < -0.3 is 9.40 Å². The maximum absolute atomic E-state index is 6.24. The van der Waals surface area contributed by atoms with Gasteiger partial charge in [0.15, 0.2) is 0 Å². The second kappa shape index (κ2) is 15.9. The van der Waals surface area contributed by atoms with Crippen LogP contribution in [0.3, 0.4) is 0 Å². The summed E-state index contributed by atoms with van der Waals surface area (Å²) in [6.07, 6.45) is 5.09. The average molecular weight is 927 g/mol. The first kappa shape index (κ1) is 38.5. The third kappa shape index (κ3) is 9.04. The van der Waals surface area contributed by atoms with Crippen molar-refractivity contribution in [1.82, 2.24) is 15.0 Å². The molecule has 0 aliphatic carbocycles. The molecule has 4 nitrogen and oxygen atoms in total. The third-order valence-corrected chi connectivity index (χ3v) is 15.3. The first-order valence-corrected chi connectivity index (χ1v) is 28.4. The second-order valence-corrected chi connectivity index (χ2v) is 31.3. The van der Waals surface area contributed by atoms with Gasteiger partial charge in [0.05, 0.1) is 19.4 Å². The van der Waals surface area contributed by atoms with Crippen LogP contribution < -0.4 is 9.58 Å². The van der Waals surface area contributed by atoms with E-state index in [9.17, 15) is 0 Å². The van der Waals surface area contributed by atoms with Gasteiger partial charge in [0, 0.05) is 37.3 Å². The van der Waals surface area contributed by atoms with Crippen LogP contribution in [-0.2, 0) is 26.5 Å². The Hall–Kier alpha value is -3.68. The molecule has 0 bridgehead atoms. The zero-order valence-electron chi connectivity index (χ0n) is 31.2. The molecule has 0 saturated heterocycles. The van der Waals surface area contributed by atoms with E-state index in [4.69, 9.17) is 14.4 Å². The van der Waals surface area contributed by atoms with Crippen LogP contribution in [-0.4, -0.2) is 36.3 Å². The van der Waals surface area contributed by atoms with Crippen molar-refractivity contribution >= 4 is 53.0 Å². The number of aromatic nitrogens is 3. The van der Waals surface area contributed by atoms with Crippen molar-refractivity contribution in [1.29, 1.82) is 0 Å². The van der Waals surface area contributed by atoms with Crippen molar-refractivity contribution in [2.75, 3.05) is 0 Å². The summed E-state index contributed by atoms with van der Waals surface area (Å²) in [6, 6.07) is 37.9. The van der Waals surface area contributed by atoms with Crippen LogP contribution >= 0.6 is 0 Å². The van der Waals surface area contributed by atoms with Gasteiger partial charge >= 0.3 is 126 Å². The molecule has 4 heterocycles. The summed E-state index contributed by atoms with van der Waals surface area (Å²) >= 11 is -1.86. The van der Waals surface area contributed by atoms with Gasteiger partial charge in [-0.25, -0.2) is 4.98 Å². The van der Waals surface area contributed by atoms with Gasteiger partial charge in [-0.3, -0.25) is 0 Å². The smallest absolute Gasteiger partial charge is 0.216 e. The molecular formula is C44H47GeIrN3OSi-2. The fraction of sp³-hybridized carbons (Fsp3) is 0.250. The molecule has 0 unspecified atom stereocenters. The first-order valence-electron chi connectivity index (χ1n) is 17.5. The minimum absolute atomic E-state index is 0. The maximum atomic E-state index is 6.24. The van der Waals surface area contributed by atoms with Crippen LogP contribution in [0.1, 0.15) is 25.0 Å². The number of rotatable bonds is 7. The standard InChI is InChI=1S/C26H23N2OSi.C18H24GeN.Ir/c1-17-14-15-27-24(16-17)22-7-5-6-20-21-12-13-23(28-26(21)29-25(20)22)18-8-10-19(11-9-18)30(2,3)4;1-14(2)11-16-12-18(15-9-7-6-8-10-15)20-13-17(16)19(3,4)5;/h5-6,8-16H,1-4H3;6-9,12-14H,11H2,1-5H3;/q2*-1;. The summed E-state index contributed by atoms with van der Waals surface area (Å²) in [5.41, 5.74) is 9.97. The van der Waals surface area contributed by atoms with Gasteiger partial charge in [0.25, 0.3) is 0 Å². The van der Waals surface area contributed by atoms with Gasteiger partial charge in [0.1, 0.15) is 0 Å². The number of hydrogen-bond donors (Lipinski definition) is 0. The van der Waals surface area contributed by atoms with Crippen LogP contribution in [0, 0.1) is 25.0 Å². The van der Waals surface area contributed by atoms with Crippen LogP contribution in [0.4, 0.5) is 0 Å². The van der Waals surface area contributed by atoms with E-state index in [1.807, 2.05) is 42.6 Å². The van der Waals surface area contributed by atoms with Crippen molar-refractivity contribution in [3.63, 3.8) is 0 Å². The van der Waals surface area contributed by atoms with E-state index in [-0.39, 0.29) is 20.1 Å². The Bertz CT molecular complexity index is 2250. The predicted molar refractivity (Wildman–Crippen MR) is 217 cm³/mol. The van der Waals surface area contributed by atoms with Crippen LogP contribution in [0.5, 0.6) is 0 Å². The van der Waals surface area contributed by atoms with E-state index in [1.54, 1.807) is 4.40 Å². The van der Waals surface area contributed by atoms with E-state index in [1.165, 1.54) is 10.8 Å². The normalized spacial score (nSPS) is 11.7. The minimum Gasteiger partial charge on any atom is -0.486 e. The number of fused-ring (bicyclic) bond motifs is 3. The van der Waals surface area contributed by atoms with Crippen molar-refractivity contribution in [3.05, 3.63) is 127 Å². The Morgan fingerprint density at radius 2 is 1.55 bits per heavy atom. The Morgan fingerprint density at radius 3 is 2.20 bits per heavy atom. The molecule has 0 fully saturated rings. The average Bonchev–Trinajstić information content (AvgIpc) is 3.46. The van der Waals surface area contributed by atoms with Gasteiger partial charge in [0.2, 0.25) is 5.71 Å². The van der Waals surface area contributed by atoms with Gasteiger partial charge in [-0.05, 0) is 30.8 Å². The number of hydrogen-bond acceptors (Lipinski definition) is 4. The van der Waals surface area contributed by atoms with Crippen molar-refractivity contribution in [2.45, 2.75) is 64.1 Å². The Kier molecular flexibility index (Phi) is 12.0. The topological polar surface area (TPSA) is 51.8 Å². The number of pyridine rings is 3. The molecule has 0 N–H and O–H groups in total. The minimum atomic E-state index is -1.86. The summed E-state index contributed by atoms with van der Waals surface area (Å²) in [6.45, 7) is 13.7. The quantitative estimate of drug-likeness (QED) is 0.118. The van der Waals surface area contributed by atoms with Crippen molar-refractivity contribution in [2.24, 2.45) is 5.92 Å². The number of benzene rings is 3. The fourth-order valence-corrected chi connectivity index (χ4v) is 10.8. The molecule has 4 aromatic heterocycles.